The van der Waals surface area contributed by atoms with Crippen LogP contribution in [0.3, 0.4) is 0 Å². The number of anilines is 1. The van der Waals surface area contributed by atoms with E-state index in [0.717, 1.165) is 25.2 Å². The number of piperidine rings is 1. The standard InChI is InChI=1S/C21H23Cl2N5O2/c22-17-10-16(11-18(23)12-17)21(30)27-8-6-26(7-9-27)20(29)15-2-1-5-28(14-15)19-13-24-3-4-25-19/h3-4,10-13,15H,1-2,5-9,14H2. The predicted molar refractivity (Wildman–Crippen MR) is 116 cm³/mol. The van der Waals surface area contributed by atoms with Crippen molar-refractivity contribution in [2.75, 3.05) is 44.2 Å². The molecule has 3 heterocycles. The number of carbonyl (C=O) groups is 2. The molecule has 2 aliphatic heterocycles. The van der Waals surface area contributed by atoms with Gasteiger partial charge in [0.1, 0.15) is 5.82 Å². The van der Waals surface area contributed by atoms with Gasteiger partial charge >= 0.3 is 0 Å². The molecule has 2 saturated heterocycles. The Labute approximate surface area is 185 Å². The Morgan fingerprint density at radius 2 is 1.63 bits per heavy atom. The molecule has 0 radical (unpaired) electrons. The summed E-state index contributed by atoms with van der Waals surface area (Å²) in [4.78, 5) is 40.1. The van der Waals surface area contributed by atoms with Crippen LogP contribution in [-0.4, -0.2) is 70.9 Å². The molecule has 0 spiro atoms. The summed E-state index contributed by atoms with van der Waals surface area (Å²) in [5, 5.41) is 0.870. The van der Waals surface area contributed by atoms with Crippen molar-refractivity contribution in [1.82, 2.24) is 19.8 Å². The van der Waals surface area contributed by atoms with Crippen LogP contribution in [0.5, 0.6) is 0 Å². The number of halogens is 2. The van der Waals surface area contributed by atoms with Crippen molar-refractivity contribution in [1.29, 1.82) is 0 Å². The third-order valence-corrected chi connectivity index (χ3v) is 6.07. The van der Waals surface area contributed by atoms with E-state index in [0.29, 0.717) is 48.3 Å². The van der Waals surface area contributed by atoms with Crippen LogP contribution in [0, 0.1) is 5.92 Å². The minimum atomic E-state index is -0.113. The summed E-state index contributed by atoms with van der Waals surface area (Å²) in [7, 11) is 0. The summed E-state index contributed by atoms with van der Waals surface area (Å²) >= 11 is 12.0. The molecule has 1 aromatic heterocycles. The topological polar surface area (TPSA) is 69.6 Å². The molecule has 9 heteroatoms. The van der Waals surface area contributed by atoms with Crippen LogP contribution < -0.4 is 4.90 Å². The van der Waals surface area contributed by atoms with Gasteiger partial charge in [-0.1, -0.05) is 23.2 Å². The van der Waals surface area contributed by atoms with Gasteiger partial charge in [0, 0.05) is 67.3 Å². The summed E-state index contributed by atoms with van der Waals surface area (Å²) in [6.45, 7) is 3.58. The molecule has 1 unspecified atom stereocenters. The van der Waals surface area contributed by atoms with Gasteiger partial charge in [0.25, 0.3) is 5.91 Å². The second-order valence-electron chi connectivity index (χ2n) is 7.62. The van der Waals surface area contributed by atoms with Gasteiger partial charge in [0.2, 0.25) is 5.91 Å². The fraction of sp³-hybridized carbons (Fsp3) is 0.429. The van der Waals surface area contributed by atoms with Crippen molar-refractivity contribution >= 4 is 40.8 Å². The highest BCUT2D eigenvalue weighted by molar-refractivity contribution is 6.35. The second kappa shape index (κ2) is 9.18. The van der Waals surface area contributed by atoms with Gasteiger partial charge < -0.3 is 14.7 Å². The van der Waals surface area contributed by atoms with Crippen molar-refractivity contribution in [3.63, 3.8) is 0 Å². The van der Waals surface area contributed by atoms with E-state index in [9.17, 15) is 9.59 Å². The smallest absolute Gasteiger partial charge is 0.254 e. The Kier molecular flexibility index (Phi) is 6.39. The fourth-order valence-corrected chi connectivity index (χ4v) is 4.62. The third kappa shape index (κ3) is 4.68. The zero-order valence-corrected chi connectivity index (χ0v) is 18.0. The van der Waals surface area contributed by atoms with Gasteiger partial charge in [-0.05, 0) is 31.0 Å². The quantitative estimate of drug-likeness (QED) is 0.722. The van der Waals surface area contributed by atoms with E-state index in [-0.39, 0.29) is 17.7 Å². The Bertz CT molecular complexity index is 899. The average molecular weight is 448 g/mol. The lowest BCUT2D eigenvalue weighted by atomic mass is 9.96. The molecule has 2 amide bonds. The SMILES string of the molecule is O=C(c1cc(Cl)cc(Cl)c1)N1CCN(C(=O)C2CCCN(c3cnccn3)C2)CC1. The number of carbonyl (C=O) groups excluding carboxylic acids is 2. The predicted octanol–water partition coefficient (Wildman–Crippen LogP) is 2.98. The van der Waals surface area contributed by atoms with Crippen molar-refractivity contribution in [2.45, 2.75) is 12.8 Å². The zero-order chi connectivity index (χ0) is 21.1. The number of amides is 2. The normalized spacial score (nSPS) is 19.7. The Morgan fingerprint density at radius 3 is 2.30 bits per heavy atom. The lowest BCUT2D eigenvalue weighted by molar-refractivity contribution is -0.137. The van der Waals surface area contributed by atoms with E-state index in [2.05, 4.69) is 14.9 Å². The summed E-state index contributed by atoms with van der Waals surface area (Å²) in [5.41, 5.74) is 0.471. The van der Waals surface area contributed by atoms with Crippen LogP contribution in [0.4, 0.5) is 5.82 Å². The first-order chi connectivity index (χ1) is 14.5. The third-order valence-electron chi connectivity index (χ3n) is 5.63. The van der Waals surface area contributed by atoms with Crippen LogP contribution >= 0.6 is 23.2 Å². The van der Waals surface area contributed by atoms with E-state index in [1.165, 1.54) is 0 Å². The molecule has 2 fully saturated rings. The van der Waals surface area contributed by atoms with Crippen LogP contribution in [0.1, 0.15) is 23.2 Å². The summed E-state index contributed by atoms with van der Waals surface area (Å²) in [5.74, 6) is 0.792. The molecule has 0 N–H and O–H groups in total. The van der Waals surface area contributed by atoms with Gasteiger partial charge in [-0.15, -0.1) is 0 Å². The largest absolute Gasteiger partial charge is 0.355 e. The molecule has 1 atom stereocenters. The van der Waals surface area contributed by atoms with E-state index in [4.69, 9.17) is 23.2 Å². The zero-order valence-electron chi connectivity index (χ0n) is 16.5. The van der Waals surface area contributed by atoms with Crippen LogP contribution in [0.15, 0.2) is 36.8 Å². The number of benzene rings is 1. The van der Waals surface area contributed by atoms with Crippen molar-refractivity contribution < 1.29 is 9.59 Å². The fourth-order valence-electron chi connectivity index (χ4n) is 4.09. The lowest BCUT2D eigenvalue weighted by Gasteiger charge is -2.39. The monoisotopic (exact) mass is 447 g/mol. The minimum absolute atomic E-state index is 0.0604. The summed E-state index contributed by atoms with van der Waals surface area (Å²) in [6.07, 6.45) is 6.87. The first kappa shape index (κ1) is 20.9. The van der Waals surface area contributed by atoms with Gasteiger partial charge in [-0.3, -0.25) is 14.6 Å². The molecule has 2 aromatic rings. The molecule has 2 aliphatic rings. The average Bonchev–Trinajstić information content (AvgIpc) is 2.78. The first-order valence-electron chi connectivity index (χ1n) is 10.1. The molecule has 0 saturated carbocycles. The number of aromatic nitrogens is 2. The van der Waals surface area contributed by atoms with Crippen LogP contribution in [0.25, 0.3) is 0 Å². The van der Waals surface area contributed by atoms with Crippen LogP contribution in [0.2, 0.25) is 10.0 Å². The summed E-state index contributed by atoms with van der Waals surface area (Å²) < 4.78 is 0. The van der Waals surface area contributed by atoms with Crippen molar-refractivity contribution in [3.05, 3.63) is 52.4 Å². The number of hydrogen-bond acceptors (Lipinski definition) is 5. The Balaban J connectivity index is 1.34. The highest BCUT2D eigenvalue weighted by Gasteiger charge is 2.32. The maximum atomic E-state index is 13.1. The van der Waals surface area contributed by atoms with Crippen molar-refractivity contribution in [2.24, 2.45) is 5.92 Å². The van der Waals surface area contributed by atoms with Gasteiger partial charge in [-0.2, -0.15) is 0 Å². The molecule has 158 valence electrons. The number of piperazine rings is 1. The van der Waals surface area contributed by atoms with Gasteiger partial charge in [0.15, 0.2) is 0 Å². The Hall–Kier alpha value is -2.38. The lowest BCUT2D eigenvalue weighted by Crippen LogP contribution is -2.53. The van der Waals surface area contributed by atoms with Crippen LogP contribution in [-0.2, 0) is 4.79 Å². The Morgan fingerprint density at radius 1 is 0.933 bits per heavy atom. The van der Waals surface area contributed by atoms with E-state index < -0.39 is 0 Å². The van der Waals surface area contributed by atoms with Gasteiger partial charge in [-0.25, -0.2) is 4.98 Å². The molecule has 0 bridgehead atoms. The second-order valence-corrected chi connectivity index (χ2v) is 8.50. The molecule has 7 nitrogen and oxygen atoms in total. The summed E-state index contributed by atoms with van der Waals surface area (Å²) in [6, 6.07) is 4.84. The molecule has 0 aliphatic carbocycles. The first-order valence-corrected chi connectivity index (χ1v) is 10.8. The highest BCUT2D eigenvalue weighted by Crippen LogP contribution is 2.24. The highest BCUT2D eigenvalue weighted by atomic mass is 35.5. The van der Waals surface area contributed by atoms with E-state index >= 15 is 0 Å². The molecular weight excluding hydrogens is 425 g/mol. The van der Waals surface area contributed by atoms with Gasteiger partial charge in [0.05, 0.1) is 12.1 Å². The van der Waals surface area contributed by atoms with E-state index in [1.54, 1.807) is 41.7 Å². The van der Waals surface area contributed by atoms with Crippen molar-refractivity contribution in [3.8, 4) is 0 Å². The molecular formula is C21H23Cl2N5O2. The molecule has 4 rings (SSSR count). The maximum Gasteiger partial charge on any atom is 0.254 e. The molecule has 1 aromatic carbocycles. The number of nitrogens with zero attached hydrogens (tertiary/aromatic N) is 5. The maximum absolute atomic E-state index is 13.1. The minimum Gasteiger partial charge on any atom is -0.355 e. The number of rotatable bonds is 3. The number of hydrogen-bond donors (Lipinski definition) is 0. The van der Waals surface area contributed by atoms with E-state index in [1.807, 2.05) is 4.90 Å². The molecule has 30 heavy (non-hydrogen) atoms.